The molecule has 3 rings (SSSR count). The highest BCUT2D eigenvalue weighted by Crippen LogP contribution is 2.14. The maximum atomic E-state index is 12.5. The average Bonchev–Trinajstić information content (AvgIpc) is 2.74. The van der Waals surface area contributed by atoms with E-state index in [0.717, 1.165) is 32.7 Å². The zero-order valence-electron chi connectivity index (χ0n) is 16.2. The first-order chi connectivity index (χ1) is 13.6. The minimum absolute atomic E-state index is 0.303. The first kappa shape index (κ1) is 19.8. The molecule has 1 aliphatic heterocycles. The summed E-state index contributed by atoms with van der Waals surface area (Å²) in [5, 5.41) is 2.79. The summed E-state index contributed by atoms with van der Waals surface area (Å²) in [6.45, 7) is 8.87. The summed E-state index contributed by atoms with van der Waals surface area (Å²) in [7, 11) is 0. The quantitative estimate of drug-likeness (QED) is 0.764. The van der Waals surface area contributed by atoms with Gasteiger partial charge < -0.3 is 19.9 Å². The van der Waals surface area contributed by atoms with Gasteiger partial charge in [-0.1, -0.05) is 6.92 Å². The second kappa shape index (κ2) is 9.27. The van der Waals surface area contributed by atoms with Gasteiger partial charge >= 0.3 is 5.97 Å². The third kappa shape index (κ3) is 4.83. The van der Waals surface area contributed by atoms with Crippen molar-refractivity contribution in [2.24, 2.45) is 0 Å². The van der Waals surface area contributed by atoms with Crippen LogP contribution in [0.15, 0.2) is 36.5 Å². The van der Waals surface area contributed by atoms with Gasteiger partial charge in [-0.25, -0.2) is 14.8 Å². The monoisotopic (exact) mass is 383 g/mol. The van der Waals surface area contributed by atoms with E-state index in [1.165, 1.54) is 0 Å². The van der Waals surface area contributed by atoms with Gasteiger partial charge in [0.2, 0.25) is 5.95 Å². The molecule has 2 heterocycles. The fourth-order valence-corrected chi connectivity index (χ4v) is 2.99. The summed E-state index contributed by atoms with van der Waals surface area (Å²) < 4.78 is 4.95. The average molecular weight is 383 g/mol. The molecule has 1 amide bonds. The van der Waals surface area contributed by atoms with E-state index < -0.39 is 0 Å². The maximum Gasteiger partial charge on any atom is 0.338 e. The van der Waals surface area contributed by atoms with Crippen LogP contribution in [-0.2, 0) is 4.74 Å². The highest BCUT2D eigenvalue weighted by atomic mass is 16.5. The molecule has 1 fully saturated rings. The van der Waals surface area contributed by atoms with E-state index in [9.17, 15) is 9.59 Å². The Morgan fingerprint density at radius 1 is 1.07 bits per heavy atom. The predicted molar refractivity (Wildman–Crippen MR) is 107 cm³/mol. The highest BCUT2D eigenvalue weighted by Gasteiger charge is 2.19. The molecule has 148 valence electrons. The molecular formula is C20H25N5O3. The van der Waals surface area contributed by atoms with Crippen molar-refractivity contribution in [2.45, 2.75) is 13.8 Å². The molecule has 1 aliphatic rings. The topological polar surface area (TPSA) is 87.7 Å². The normalized spacial score (nSPS) is 14.6. The fourth-order valence-electron chi connectivity index (χ4n) is 2.99. The minimum Gasteiger partial charge on any atom is -0.462 e. The molecule has 1 N–H and O–H groups in total. The van der Waals surface area contributed by atoms with Crippen LogP contribution in [0.1, 0.15) is 34.7 Å². The standard InChI is InChI=1S/C20H25N5O3/c1-3-24-11-13-25(14-12-24)20-21-10-9-17(23-20)18(26)22-16-7-5-15(6-8-16)19(27)28-4-2/h5-10H,3-4,11-14H2,1-2H3,(H,22,26). The largest absolute Gasteiger partial charge is 0.462 e. The summed E-state index contributed by atoms with van der Waals surface area (Å²) in [6, 6.07) is 8.15. The molecule has 8 nitrogen and oxygen atoms in total. The third-order valence-electron chi connectivity index (χ3n) is 4.63. The Morgan fingerprint density at radius 2 is 1.79 bits per heavy atom. The van der Waals surface area contributed by atoms with Crippen LogP contribution in [0.2, 0.25) is 0 Å². The van der Waals surface area contributed by atoms with Gasteiger partial charge in [0.25, 0.3) is 5.91 Å². The number of nitrogens with one attached hydrogen (secondary N) is 1. The minimum atomic E-state index is -0.385. The molecule has 0 aliphatic carbocycles. The lowest BCUT2D eigenvalue weighted by molar-refractivity contribution is 0.0526. The number of benzene rings is 1. The van der Waals surface area contributed by atoms with Crippen LogP contribution >= 0.6 is 0 Å². The summed E-state index contributed by atoms with van der Waals surface area (Å²) in [5.74, 6) is -0.134. The number of aromatic nitrogens is 2. The van der Waals surface area contributed by atoms with Gasteiger partial charge in [-0.05, 0) is 43.8 Å². The third-order valence-corrected chi connectivity index (χ3v) is 4.63. The predicted octanol–water partition coefficient (Wildman–Crippen LogP) is 2.05. The number of hydrogen-bond acceptors (Lipinski definition) is 7. The molecule has 1 aromatic carbocycles. The molecule has 2 aromatic rings. The van der Waals surface area contributed by atoms with E-state index in [2.05, 4.69) is 32.0 Å². The lowest BCUT2D eigenvalue weighted by Gasteiger charge is -2.34. The molecule has 0 spiro atoms. The number of nitrogens with zero attached hydrogens (tertiary/aromatic N) is 4. The maximum absolute atomic E-state index is 12.5. The van der Waals surface area contributed by atoms with Gasteiger partial charge in [-0.15, -0.1) is 0 Å². The highest BCUT2D eigenvalue weighted by molar-refractivity contribution is 6.03. The number of carbonyl (C=O) groups excluding carboxylic acids is 2. The van der Waals surface area contributed by atoms with Crippen LogP contribution in [-0.4, -0.2) is 66.1 Å². The summed E-state index contributed by atoms with van der Waals surface area (Å²) in [4.78, 5) is 37.4. The first-order valence-corrected chi connectivity index (χ1v) is 9.49. The Bertz CT molecular complexity index is 817. The van der Waals surface area contributed by atoms with E-state index in [1.54, 1.807) is 43.5 Å². The number of anilines is 2. The molecule has 1 saturated heterocycles. The van der Waals surface area contributed by atoms with Gasteiger partial charge in [-0.3, -0.25) is 4.79 Å². The number of carbonyl (C=O) groups is 2. The van der Waals surface area contributed by atoms with Crippen molar-refractivity contribution in [3.63, 3.8) is 0 Å². The van der Waals surface area contributed by atoms with Crippen LogP contribution in [0.25, 0.3) is 0 Å². The molecule has 0 unspecified atom stereocenters. The smallest absolute Gasteiger partial charge is 0.338 e. The van der Waals surface area contributed by atoms with Crippen molar-refractivity contribution in [1.29, 1.82) is 0 Å². The molecule has 8 heteroatoms. The number of esters is 1. The number of rotatable bonds is 6. The van der Waals surface area contributed by atoms with Crippen LogP contribution in [0.5, 0.6) is 0 Å². The second-order valence-electron chi connectivity index (χ2n) is 6.42. The number of likely N-dealkylation sites (N-methyl/N-ethyl adjacent to an activating group) is 1. The zero-order valence-corrected chi connectivity index (χ0v) is 16.2. The number of hydrogen-bond donors (Lipinski definition) is 1. The van der Waals surface area contributed by atoms with E-state index >= 15 is 0 Å². The van der Waals surface area contributed by atoms with E-state index in [4.69, 9.17) is 4.74 Å². The molecule has 1 aromatic heterocycles. The first-order valence-electron chi connectivity index (χ1n) is 9.49. The van der Waals surface area contributed by atoms with E-state index in [-0.39, 0.29) is 11.9 Å². The zero-order chi connectivity index (χ0) is 19.9. The molecule has 0 bridgehead atoms. The summed E-state index contributed by atoms with van der Waals surface area (Å²) in [5.41, 5.74) is 1.32. The van der Waals surface area contributed by atoms with Crippen molar-refractivity contribution in [1.82, 2.24) is 14.9 Å². The molecule has 0 radical (unpaired) electrons. The SMILES string of the molecule is CCOC(=O)c1ccc(NC(=O)c2ccnc(N3CCN(CC)CC3)n2)cc1. The number of piperazine rings is 1. The van der Waals surface area contributed by atoms with Gasteiger partial charge in [0.05, 0.1) is 12.2 Å². The lowest BCUT2D eigenvalue weighted by atomic mass is 10.2. The summed E-state index contributed by atoms with van der Waals surface area (Å²) in [6.07, 6.45) is 1.60. The molecular weight excluding hydrogens is 358 g/mol. The fraction of sp³-hybridized carbons (Fsp3) is 0.400. The van der Waals surface area contributed by atoms with Crippen LogP contribution in [0.4, 0.5) is 11.6 Å². The van der Waals surface area contributed by atoms with Crippen LogP contribution < -0.4 is 10.2 Å². The van der Waals surface area contributed by atoms with Crippen molar-refractivity contribution in [3.8, 4) is 0 Å². The van der Waals surface area contributed by atoms with E-state index in [0.29, 0.717) is 29.5 Å². The lowest BCUT2D eigenvalue weighted by Crippen LogP contribution is -2.46. The second-order valence-corrected chi connectivity index (χ2v) is 6.42. The van der Waals surface area contributed by atoms with E-state index in [1.807, 2.05) is 0 Å². The molecule has 28 heavy (non-hydrogen) atoms. The van der Waals surface area contributed by atoms with Crippen LogP contribution in [0.3, 0.4) is 0 Å². The molecule has 0 atom stereocenters. The van der Waals surface area contributed by atoms with Crippen molar-refractivity contribution >= 4 is 23.5 Å². The van der Waals surface area contributed by atoms with Gasteiger partial charge in [0, 0.05) is 38.1 Å². The Hall–Kier alpha value is -3.00. The Balaban J connectivity index is 1.64. The van der Waals surface area contributed by atoms with Gasteiger partial charge in [0.1, 0.15) is 5.69 Å². The van der Waals surface area contributed by atoms with Gasteiger partial charge in [-0.2, -0.15) is 0 Å². The Labute approximate surface area is 164 Å². The van der Waals surface area contributed by atoms with Crippen LogP contribution in [0, 0.1) is 0 Å². The van der Waals surface area contributed by atoms with Gasteiger partial charge in [0.15, 0.2) is 0 Å². The summed E-state index contributed by atoms with van der Waals surface area (Å²) >= 11 is 0. The Kier molecular flexibility index (Phi) is 6.54. The molecule has 0 saturated carbocycles. The van der Waals surface area contributed by atoms with Crippen molar-refractivity contribution < 1.29 is 14.3 Å². The van der Waals surface area contributed by atoms with Crippen molar-refractivity contribution in [2.75, 3.05) is 49.5 Å². The van der Waals surface area contributed by atoms with Crippen molar-refractivity contribution in [3.05, 3.63) is 47.8 Å². The Morgan fingerprint density at radius 3 is 2.43 bits per heavy atom. The number of amides is 1. The number of ether oxygens (including phenoxy) is 1.